The second-order valence-corrected chi connectivity index (χ2v) is 21.0. The molecule has 2 aliphatic carbocycles. The van der Waals surface area contributed by atoms with E-state index in [4.69, 9.17) is 0 Å². The molecule has 0 amide bonds. The Morgan fingerprint density at radius 1 is 0.354 bits per heavy atom. The molecule has 0 saturated heterocycles. The van der Waals surface area contributed by atoms with E-state index < -0.39 is 0 Å². The number of benzene rings is 4. The molecular formula is C46H56S2. The molecule has 4 aromatic carbocycles. The Hall–Kier alpha value is -2.42. The van der Waals surface area contributed by atoms with Crippen LogP contribution in [0.25, 0.3) is 22.3 Å². The monoisotopic (exact) mass is 672 g/mol. The smallest absolute Gasteiger partial charge is 0.0191 e. The predicted molar refractivity (Wildman–Crippen MR) is 214 cm³/mol. The summed E-state index contributed by atoms with van der Waals surface area (Å²) in [6.07, 6.45) is 2.11. The van der Waals surface area contributed by atoms with Crippen molar-refractivity contribution in [1.29, 1.82) is 0 Å². The lowest BCUT2D eigenvalue weighted by atomic mass is 9.81. The minimum Gasteiger partial charge on any atom is -0.152 e. The second kappa shape index (κ2) is 11.6. The lowest BCUT2D eigenvalue weighted by Gasteiger charge is -2.26. The molecule has 0 spiro atoms. The first kappa shape index (κ1) is 34.0. The average Bonchev–Trinajstić information content (AvgIpc) is 3.51. The maximum absolute atomic E-state index is 2.60. The minimum atomic E-state index is 0.0873. The van der Waals surface area contributed by atoms with Crippen LogP contribution in [0.3, 0.4) is 0 Å². The summed E-state index contributed by atoms with van der Waals surface area (Å²) in [5, 5.41) is 0. The van der Waals surface area contributed by atoms with Gasteiger partial charge in [-0.05, 0) is 124 Å². The van der Waals surface area contributed by atoms with Gasteiger partial charge in [0.1, 0.15) is 0 Å². The fourth-order valence-electron chi connectivity index (χ4n) is 8.23. The molecule has 252 valence electrons. The van der Waals surface area contributed by atoms with Gasteiger partial charge in [0, 0.05) is 23.0 Å². The normalized spacial score (nSPS) is 16.1. The molecule has 0 saturated carbocycles. The van der Waals surface area contributed by atoms with Crippen LogP contribution in [-0.4, -0.2) is 0 Å². The third-order valence-electron chi connectivity index (χ3n) is 11.0. The first-order chi connectivity index (χ1) is 22.3. The van der Waals surface area contributed by atoms with Crippen LogP contribution in [0.15, 0.2) is 48.5 Å². The van der Waals surface area contributed by atoms with Crippen molar-refractivity contribution < 1.29 is 0 Å². The second-order valence-electron chi connectivity index (χ2n) is 19.0. The van der Waals surface area contributed by atoms with Crippen molar-refractivity contribution >= 4 is 23.5 Å². The van der Waals surface area contributed by atoms with Crippen molar-refractivity contribution in [3.63, 3.8) is 0 Å². The Kier molecular flexibility index (Phi) is 8.20. The highest BCUT2D eigenvalue weighted by molar-refractivity contribution is 7.98. The van der Waals surface area contributed by atoms with E-state index in [0.717, 1.165) is 35.9 Å². The molecule has 1 aliphatic heterocycles. The van der Waals surface area contributed by atoms with Crippen molar-refractivity contribution in [2.45, 2.75) is 141 Å². The van der Waals surface area contributed by atoms with Gasteiger partial charge >= 0.3 is 0 Å². The van der Waals surface area contributed by atoms with E-state index in [1.165, 1.54) is 66.8 Å². The first-order valence-corrected chi connectivity index (χ1v) is 20.4. The summed E-state index contributed by atoms with van der Waals surface area (Å²) in [6, 6.07) is 20.6. The molecule has 6 bridgehead atoms. The lowest BCUT2D eigenvalue weighted by Crippen LogP contribution is -2.15. The number of rotatable bonds is 0. The predicted octanol–water partition coefficient (Wildman–Crippen LogP) is 13.2. The van der Waals surface area contributed by atoms with Crippen LogP contribution in [0.2, 0.25) is 0 Å². The third kappa shape index (κ3) is 6.12. The lowest BCUT2D eigenvalue weighted by molar-refractivity contribution is 0.585. The summed E-state index contributed by atoms with van der Waals surface area (Å²) in [5.74, 6) is 4.20. The molecule has 3 aliphatic rings. The highest BCUT2D eigenvalue weighted by Gasteiger charge is 2.31. The summed E-state index contributed by atoms with van der Waals surface area (Å²) in [7, 11) is 0. The van der Waals surface area contributed by atoms with Crippen molar-refractivity contribution in [1.82, 2.24) is 0 Å². The summed E-state index contributed by atoms with van der Waals surface area (Å²) < 4.78 is 0. The SMILES string of the molecule is CC(C)(C)c1cc2c3c(c1)-c1cc(C(C)(C)C)c(cc1C3)CSCc1cc(C(C)(C)C)cc3c1Cc1cc(c(C(C)(C)C)cc1-3)CSC2. The molecular weight excluding hydrogens is 617 g/mol. The molecule has 48 heavy (non-hydrogen) atoms. The standard InChI is InChI=1S/C46H56S2/c1-43(2,3)33-15-29-23-47-25-32-14-28-18-36-30(16-34(44(4,5)6)20-40(36)38(28)22-42(32)46(10,11)12)24-48-26-31-13-27-17-35(29)39(19-33)37(27)21-41(31)45(7,8)9/h13-16,19-22H,17-18,23-26H2,1-12H3. The zero-order chi connectivity index (χ0) is 34.6. The van der Waals surface area contributed by atoms with Crippen molar-refractivity contribution in [3.8, 4) is 22.3 Å². The van der Waals surface area contributed by atoms with Crippen LogP contribution in [-0.2, 0) is 57.5 Å². The third-order valence-corrected chi connectivity index (χ3v) is 13.1. The number of hydrogen-bond donors (Lipinski definition) is 0. The van der Waals surface area contributed by atoms with E-state index in [1.807, 2.05) is 0 Å². The van der Waals surface area contributed by atoms with Crippen LogP contribution >= 0.6 is 23.5 Å². The van der Waals surface area contributed by atoms with Crippen molar-refractivity contribution in [2.75, 3.05) is 0 Å². The minimum absolute atomic E-state index is 0.0873. The van der Waals surface area contributed by atoms with Gasteiger partial charge in [0.25, 0.3) is 0 Å². The summed E-state index contributed by atoms with van der Waals surface area (Å²) in [5.41, 5.74) is 24.6. The summed E-state index contributed by atoms with van der Waals surface area (Å²) >= 11 is 4.23. The number of thioether (sulfide) groups is 2. The Morgan fingerprint density at radius 2 is 0.708 bits per heavy atom. The first-order valence-electron chi connectivity index (χ1n) is 18.1. The maximum atomic E-state index is 2.60. The van der Waals surface area contributed by atoms with Gasteiger partial charge in [-0.3, -0.25) is 0 Å². The number of hydrogen-bond acceptors (Lipinski definition) is 2. The van der Waals surface area contributed by atoms with E-state index in [2.05, 4.69) is 155 Å². The van der Waals surface area contributed by atoms with Crippen LogP contribution < -0.4 is 0 Å². The Morgan fingerprint density at radius 3 is 1.04 bits per heavy atom. The van der Waals surface area contributed by atoms with E-state index in [0.29, 0.717) is 0 Å². The van der Waals surface area contributed by atoms with E-state index >= 15 is 0 Å². The highest BCUT2D eigenvalue weighted by atomic mass is 32.2. The molecule has 4 aromatic rings. The Labute approximate surface area is 300 Å². The van der Waals surface area contributed by atoms with Gasteiger partial charge in [-0.15, -0.1) is 0 Å². The number of fused-ring (bicyclic) bond motifs is 4. The van der Waals surface area contributed by atoms with E-state index in [-0.39, 0.29) is 21.7 Å². The van der Waals surface area contributed by atoms with Gasteiger partial charge < -0.3 is 0 Å². The van der Waals surface area contributed by atoms with Crippen LogP contribution in [0.1, 0.15) is 150 Å². The van der Waals surface area contributed by atoms with Crippen molar-refractivity contribution in [3.05, 3.63) is 115 Å². The summed E-state index contributed by atoms with van der Waals surface area (Å²) in [6.45, 7) is 28.6. The van der Waals surface area contributed by atoms with Crippen molar-refractivity contribution in [2.24, 2.45) is 0 Å². The maximum Gasteiger partial charge on any atom is 0.0191 e. The molecule has 0 nitrogen and oxygen atoms in total. The van der Waals surface area contributed by atoms with Gasteiger partial charge in [-0.1, -0.05) is 132 Å². The molecule has 1 heterocycles. The quantitative estimate of drug-likeness (QED) is 0.157. The van der Waals surface area contributed by atoms with Gasteiger partial charge in [-0.25, -0.2) is 0 Å². The van der Waals surface area contributed by atoms with Gasteiger partial charge in [-0.2, -0.15) is 23.5 Å². The molecule has 0 N–H and O–H groups in total. The van der Waals surface area contributed by atoms with Gasteiger partial charge in [0.15, 0.2) is 0 Å². The zero-order valence-electron chi connectivity index (χ0n) is 31.7. The largest absolute Gasteiger partial charge is 0.152 e. The van der Waals surface area contributed by atoms with Crippen LogP contribution in [0, 0.1) is 0 Å². The topological polar surface area (TPSA) is 0 Å². The zero-order valence-corrected chi connectivity index (χ0v) is 33.3. The fourth-order valence-corrected chi connectivity index (χ4v) is 10.3. The fraction of sp³-hybridized carbons (Fsp3) is 0.478. The molecule has 0 atom stereocenters. The molecule has 0 aromatic heterocycles. The Bertz CT molecular complexity index is 1800. The molecule has 2 heteroatoms. The molecule has 0 fully saturated rings. The highest BCUT2D eigenvalue weighted by Crippen LogP contribution is 2.48. The molecule has 7 rings (SSSR count). The van der Waals surface area contributed by atoms with Gasteiger partial charge in [0.05, 0.1) is 0 Å². The average molecular weight is 673 g/mol. The summed E-state index contributed by atoms with van der Waals surface area (Å²) in [4.78, 5) is 0. The molecule has 0 unspecified atom stereocenters. The van der Waals surface area contributed by atoms with E-state index in [1.54, 1.807) is 22.3 Å². The van der Waals surface area contributed by atoms with Crippen LogP contribution in [0.4, 0.5) is 0 Å². The molecule has 0 radical (unpaired) electrons. The van der Waals surface area contributed by atoms with Crippen LogP contribution in [0.5, 0.6) is 0 Å². The Balaban J connectivity index is 1.42. The van der Waals surface area contributed by atoms with Gasteiger partial charge in [0.2, 0.25) is 0 Å². The van der Waals surface area contributed by atoms with E-state index in [9.17, 15) is 0 Å².